The molecule has 1 unspecified atom stereocenters. The minimum Gasteiger partial charge on any atom is -0.324 e. The predicted molar refractivity (Wildman–Crippen MR) is 77.6 cm³/mol. The van der Waals surface area contributed by atoms with Crippen molar-refractivity contribution in [1.82, 2.24) is 0 Å². The highest BCUT2D eigenvalue weighted by molar-refractivity contribution is 5.32. The maximum Gasteiger partial charge on any atom is 0.126 e. The third kappa shape index (κ3) is 3.42. The van der Waals surface area contributed by atoms with Crippen LogP contribution in [0, 0.1) is 19.7 Å². The molecule has 100 valence electrons. The quantitative estimate of drug-likeness (QED) is 0.877. The lowest BCUT2D eigenvalue weighted by molar-refractivity contribution is 0.583. The summed E-state index contributed by atoms with van der Waals surface area (Å²) in [5.41, 5.74) is 10.0. The number of hydrogen-bond donors (Lipinski definition) is 1. The van der Waals surface area contributed by atoms with Crippen molar-refractivity contribution in [2.75, 3.05) is 0 Å². The van der Waals surface area contributed by atoms with E-state index in [0.717, 1.165) is 28.7 Å². The zero-order valence-corrected chi connectivity index (χ0v) is 11.5. The summed E-state index contributed by atoms with van der Waals surface area (Å²) in [4.78, 5) is 0. The van der Waals surface area contributed by atoms with Crippen molar-refractivity contribution in [3.8, 4) is 0 Å². The van der Waals surface area contributed by atoms with E-state index in [0.29, 0.717) is 6.42 Å². The van der Waals surface area contributed by atoms with Gasteiger partial charge in [-0.15, -0.1) is 0 Å². The second kappa shape index (κ2) is 5.98. The van der Waals surface area contributed by atoms with Crippen LogP contribution in [0.1, 0.15) is 34.7 Å². The molecule has 0 radical (unpaired) electrons. The molecule has 0 heterocycles. The summed E-state index contributed by atoms with van der Waals surface area (Å²) in [6.45, 7) is 3.87. The Bertz CT molecular complexity index is 525. The fourth-order valence-electron chi connectivity index (χ4n) is 2.43. The number of benzene rings is 2. The Hall–Kier alpha value is -1.67. The molecule has 0 aliphatic carbocycles. The maximum absolute atomic E-state index is 13.9. The van der Waals surface area contributed by atoms with Gasteiger partial charge in [-0.2, -0.15) is 0 Å². The molecule has 0 aliphatic rings. The summed E-state index contributed by atoms with van der Waals surface area (Å²) in [5, 5.41) is 0. The Morgan fingerprint density at radius 3 is 2.42 bits per heavy atom. The number of nitrogens with two attached hydrogens (primary N) is 1. The van der Waals surface area contributed by atoms with Gasteiger partial charge in [0.1, 0.15) is 5.82 Å². The fraction of sp³-hybridized carbons (Fsp3) is 0.294. The molecular weight excluding hydrogens is 237 g/mol. The van der Waals surface area contributed by atoms with E-state index in [-0.39, 0.29) is 11.9 Å². The van der Waals surface area contributed by atoms with Crippen LogP contribution in [0.3, 0.4) is 0 Å². The van der Waals surface area contributed by atoms with Gasteiger partial charge in [-0.1, -0.05) is 36.4 Å². The highest BCUT2D eigenvalue weighted by atomic mass is 19.1. The van der Waals surface area contributed by atoms with Crippen LogP contribution in [0.15, 0.2) is 42.5 Å². The Morgan fingerprint density at radius 1 is 1.11 bits per heavy atom. The molecule has 2 rings (SSSR count). The third-order valence-corrected chi connectivity index (χ3v) is 3.50. The van der Waals surface area contributed by atoms with Gasteiger partial charge >= 0.3 is 0 Å². The lowest BCUT2D eigenvalue weighted by Crippen LogP contribution is -2.12. The fourth-order valence-corrected chi connectivity index (χ4v) is 2.43. The van der Waals surface area contributed by atoms with Gasteiger partial charge in [-0.3, -0.25) is 0 Å². The van der Waals surface area contributed by atoms with Crippen LogP contribution >= 0.6 is 0 Å². The predicted octanol–water partition coefficient (Wildman–Crippen LogP) is 4.08. The molecule has 19 heavy (non-hydrogen) atoms. The molecule has 1 nitrogen and oxygen atoms in total. The summed E-state index contributed by atoms with van der Waals surface area (Å²) in [6, 6.07) is 13.5. The van der Waals surface area contributed by atoms with Crippen LogP contribution in [0.4, 0.5) is 4.39 Å². The van der Waals surface area contributed by atoms with Gasteiger partial charge in [0.15, 0.2) is 0 Å². The molecular formula is C17H20FN. The maximum atomic E-state index is 13.9. The summed E-state index contributed by atoms with van der Waals surface area (Å²) in [5.74, 6) is -0.113. The van der Waals surface area contributed by atoms with Gasteiger partial charge in [-0.05, 0) is 55.0 Å². The number of rotatable bonds is 4. The van der Waals surface area contributed by atoms with Gasteiger partial charge in [0.2, 0.25) is 0 Å². The standard InChI is InChI=1S/C17H20FN/c1-12-10-13(2)15(16(18)11-12)8-9-17(19)14-6-4-3-5-7-14/h3-7,10-11,17H,8-9,19H2,1-2H3. The van der Waals surface area contributed by atoms with Crippen molar-refractivity contribution < 1.29 is 4.39 Å². The van der Waals surface area contributed by atoms with Gasteiger partial charge in [0, 0.05) is 6.04 Å². The van der Waals surface area contributed by atoms with Crippen LogP contribution in [0.5, 0.6) is 0 Å². The van der Waals surface area contributed by atoms with Crippen molar-refractivity contribution in [2.24, 2.45) is 5.73 Å². The van der Waals surface area contributed by atoms with Crippen LogP contribution in [0.2, 0.25) is 0 Å². The van der Waals surface area contributed by atoms with Crippen LogP contribution < -0.4 is 5.73 Å². The average Bonchev–Trinajstić information content (AvgIpc) is 2.38. The summed E-state index contributed by atoms with van der Waals surface area (Å²) in [6.07, 6.45) is 1.43. The van der Waals surface area contributed by atoms with E-state index in [4.69, 9.17) is 5.73 Å². The molecule has 0 spiro atoms. The zero-order valence-electron chi connectivity index (χ0n) is 11.5. The molecule has 0 saturated heterocycles. The van der Waals surface area contributed by atoms with Gasteiger partial charge < -0.3 is 5.73 Å². The molecule has 2 N–H and O–H groups in total. The molecule has 1 atom stereocenters. The number of aryl methyl sites for hydroxylation is 2. The van der Waals surface area contributed by atoms with Gasteiger partial charge in [0.25, 0.3) is 0 Å². The Kier molecular flexibility index (Phi) is 4.33. The monoisotopic (exact) mass is 257 g/mol. The molecule has 0 amide bonds. The van der Waals surface area contributed by atoms with E-state index in [1.807, 2.05) is 50.2 Å². The molecule has 0 aromatic heterocycles. The Labute approximate surface area is 114 Å². The molecule has 0 fully saturated rings. The van der Waals surface area contributed by atoms with Gasteiger partial charge in [-0.25, -0.2) is 4.39 Å². The normalized spacial score (nSPS) is 12.4. The minimum absolute atomic E-state index is 0.0405. The number of halogens is 1. The highest BCUT2D eigenvalue weighted by Gasteiger charge is 2.10. The second-order valence-corrected chi connectivity index (χ2v) is 5.10. The topological polar surface area (TPSA) is 26.0 Å². The first-order valence-electron chi connectivity index (χ1n) is 6.64. The first-order valence-corrected chi connectivity index (χ1v) is 6.64. The Balaban J connectivity index is 2.07. The van der Waals surface area contributed by atoms with Gasteiger partial charge in [0.05, 0.1) is 0 Å². The van der Waals surface area contributed by atoms with E-state index in [1.165, 1.54) is 0 Å². The molecule has 2 aromatic rings. The summed E-state index contributed by atoms with van der Waals surface area (Å²) >= 11 is 0. The van der Waals surface area contributed by atoms with Crippen molar-refractivity contribution >= 4 is 0 Å². The zero-order chi connectivity index (χ0) is 13.8. The summed E-state index contributed by atoms with van der Waals surface area (Å²) < 4.78 is 13.9. The summed E-state index contributed by atoms with van der Waals surface area (Å²) in [7, 11) is 0. The lowest BCUT2D eigenvalue weighted by atomic mass is 9.96. The third-order valence-electron chi connectivity index (χ3n) is 3.50. The minimum atomic E-state index is -0.113. The smallest absolute Gasteiger partial charge is 0.126 e. The molecule has 2 aromatic carbocycles. The van der Waals surface area contributed by atoms with E-state index >= 15 is 0 Å². The largest absolute Gasteiger partial charge is 0.324 e. The van der Waals surface area contributed by atoms with E-state index in [9.17, 15) is 4.39 Å². The van der Waals surface area contributed by atoms with E-state index in [2.05, 4.69) is 0 Å². The molecule has 0 aliphatic heterocycles. The molecule has 0 bridgehead atoms. The average molecular weight is 257 g/mol. The first-order chi connectivity index (χ1) is 9.08. The SMILES string of the molecule is Cc1cc(C)c(CCC(N)c2ccccc2)c(F)c1. The van der Waals surface area contributed by atoms with Crippen molar-refractivity contribution in [3.05, 3.63) is 70.5 Å². The molecule has 0 saturated carbocycles. The number of hydrogen-bond acceptors (Lipinski definition) is 1. The first kappa shape index (κ1) is 13.8. The van der Waals surface area contributed by atoms with E-state index in [1.54, 1.807) is 6.07 Å². The lowest BCUT2D eigenvalue weighted by Gasteiger charge is -2.14. The second-order valence-electron chi connectivity index (χ2n) is 5.10. The highest BCUT2D eigenvalue weighted by Crippen LogP contribution is 2.21. The van der Waals surface area contributed by atoms with Crippen LogP contribution in [-0.4, -0.2) is 0 Å². The van der Waals surface area contributed by atoms with E-state index < -0.39 is 0 Å². The van der Waals surface area contributed by atoms with Crippen molar-refractivity contribution in [2.45, 2.75) is 32.7 Å². The van der Waals surface area contributed by atoms with Crippen LogP contribution in [0.25, 0.3) is 0 Å². The van der Waals surface area contributed by atoms with Crippen LogP contribution in [-0.2, 0) is 6.42 Å². The molecule has 2 heteroatoms. The van der Waals surface area contributed by atoms with Crippen molar-refractivity contribution in [3.63, 3.8) is 0 Å². The van der Waals surface area contributed by atoms with Crippen molar-refractivity contribution in [1.29, 1.82) is 0 Å². The Morgan fingerprint density at radius 2 is 1.79 bits per heavy atom.